The molecule has 110 valence electrons. The molecule has 2 aromatic rings. The number of nitrogens with zero attached hydrogens (tertiary/aromatic N) is 3. The van der Waals surface area contributed by atoms with Gasteiger partial charge < -0.3 is 5.32 Å². The first-order valence-electron chi connectivity index (χ1n) is 7.40. The SMILES string of the molecule is CC1CCC(Nc2ncc(-c3cncc(Cl)c3)cn2)CC1. The monoisotopic (exact) mass is 302 g/mol. The number of nitrogens with one attached hydrogen (secondary N) is 1. The summed E-state index contributed by atoms with van der Waals surface area (Å²) < 4.78 is 0. The number of aromatic nitrogens is 3. The van der Waals surface area contributed by atoms with Crippen molar-refractivity contribution in [3.63, 3.8) is 0 Å². The van der Waals surface area contributed by atoms with Crippen LogP contribution in [0.5, 0.6) is 0 Å². The zero-order chi connectivity index (χ0) is 14.7. The molecule has 0 aromatic carbocycles. The molecule has 1 N–H and O–H groups in total. The molecule has 1 aliphatic rings. The highest BCUT2D eigenvalue weighted by Gasteiger charge is 2.18. The zero-order valence-corrected chi connectivity index (χ0v) is 12.8. The molecule has 0 spiro atoms. The van der Waals surface area contributed by atoms with Gasteiger partial charge in [0, 0.05) is 42.0 Å². The minimum atomic E-state index is 0.500. The van der Waals surface area contributed by atoms with Crippen molar-refractivity contribution in [2.45, 2.75) is 38.6 Å². The highest BCUT2D eigenvalue weighted by Crippen LogP contribution is 2.25. The van der Waals surface area contributed by atoms with E-state index in [0.717, 1.165) is 17.0 Å². The summed E-state index contributed by atoms with van der Waals surface area (Å²) in [6.45, 7) is 2.32. The second-order valence-corrected chi connectivity index (χ2v) is 6.22. The van der Waals surface area contributed by atoms with E-state index in [0.29, 0.717) is 17.0 Å². The maximum atomic E-state index is 5.95. The van der Waals surface area contributed by atoms with Crippen molar-refractivity contribution in [2.24, 2.45) is 5.92 Å². The van der Waals surface area contributed by atoms with Gasteiger partial charge in [0.25, 0.3) is 0 Å². The lowest BCUT2D eigenvalue weighted by Crippen LogP contribution is -2.26. The Kier molecular flexibility index (Phi) is 4.34. The Morgan fingerprint density at radius 3 is 2.38 bits per heavy atom. The maximum absolute atomic E-state index is 5.95. The molecule has 1 saturated carbocycles. The van der Waals surface area contributed by atoms with Gasteiger partial charge in [0.05, 0.1) is 5.02 Å². The van der Waals surface area contributed by atoms with Crippen LogP contribution in [0.15, 0.2) is 30.9 Å². The number of halogens is 1. The average molecular weight is 303 g/mol. The molecule has 5 heteroatoms. The standard InChI is InChI=1S/C16H19ClN4/c1-11-2-4-15(5-3-11)21-16-19-8-13(9-20-16)12-6-14(17)10-18-7-12/h6-11,15H,2-5H2,1H3,(H,19,20,21). The molecular weight excluding hydrogens is 284 g/mol. The topological polar surface area (TPSA) is 50.7 Å². The van der Waals surface area contributed by atoms with E-state index in [1.165, 1.54) is 25.7 Å². The first kappa shape index (κ1) is 14.3. The van der Waals surface area contributed by atoms with Gasteiger partial charge in [-0.1, -0.05) is 18.5 Å². The number of rotatable bonds is 3. The van der Waals surface area contributed by atoms with Crippen molar-refractivity contribution in [3.05, 3.63) is 35.9 Å². The van der Waals surface area contributed by atoms with Crippen LogP contribution >= 0.6 is 11.6 Å². The van der Waals surface area contributed by atoms with Gasteiger partial charge in [0.15, 0.2) is 0 Å². The van der Waals surface area contributed by atoms with E-state index in [-0.39, 0.29) is 0 Å². The van der Waals surface area contributed by atoms with E-state index in [2.05, 4.69) is 27.2 Å². The second kappa shape index (κ2) is 6.39. The summed E-state index contributed by atoms with van der Waals surface area (Å²) in [5, 5.41) is 4.04. The van der Waals surface area contributed by atoms with Crippen LogP contribution in [0.2, 0.25) is 5.02 Å². The van der Waals surface area contributed by atoms with E-state index in [9.17, 15) is 0 Å². The van der Waals surface area contributed by atoms with Crippen LogP contribution < -0.4 is 5.32 Å². The molecule has 2 aromatic heterocycles. The van der Waals surface area contributed by atoms with E-state index in [1.54, 1.807) is 12.4 Å². The van der Waals surface area contributed by atoms with Crippen LogP contribution in [-0.4, -0.2) is 21.0 Å². The quantitative estimate of drug-likeness (QED) is 0.924. The number of pyridine rings is 1. The summed E-state index contributed by atoms with van der Waals surface area (Å²) in [6.07, 6.45) is 12.0. The van der Waals surface area contributed by atoms with Crippen LogP contribution in [0.25, 0.3) is 11.1 Å². The lowest BCUT2D eigenvalue weighted by Gasteiger charge is -2.26. The van der Waals surface area contributed by atoms with Gasteiger partial charge >= 0.3 is 0 Å². The second-order valence-electron chi connectivity index (χ2n) is 5.79. The van der Waals surface area contributed by atoms with Crippen molar-refractivity contribution in [2.75, 3.05) is 5.32 Å². The van der Waals surface area contributed by atoms with Crippen molar-refractivity contribution < 1.29 is 0 Å². The fourth-order valence-corrected chi connectivity index (χ4v) is 2.88. The Labute approximate surface area is 130 Å². The Morgan fingerprint density at radius 2 is 1.71 bits per heavy atom. The van der Waals surface area contributed by atoms with E-state index < -0.39 is 0 Å². The molecule has 0 unspecified atom stereocenters. The number of anilines is 1. The van der Waals surface area contributed by atoms with Crippen molar-refractivity contribution >= 4 is 17.5 Å². The largest absolute Gasteiger partial charge is 0.351 e. The molecule has 2 heterocycles. The summed E-state index contributed by atoms with van der Waals surface area (Å²) in [4.78, 5) is 12.9. The molecule has 4 nitrogen and oxygen atoms in total. The fraction of sp³-hybridized carbons (Fsp3) is 0.438. The third-order valence-electron chi connectivity index (χ3n) is 4.04. The summed E-state index contributed by atoms with van der Waals surface area (Å²) in [6, 6.07) is 2.36. The molecule has 1 aliphatic carbocycles. The Hall–Kier alpha value is -1.68. The molecule has 0 radical (unpaired) electrons. The average Bonchev–Trinajstić information content (AvgIpc) is 2.50. The summed E-state index contributed by atoms with van der Waals surface area (Å²) in [5.41, 5.74) is 1.85. The third kappa shape index (κ3) is 3.70. The first-order valence-corrected chi connectivity index (χ1v) is 7.78. The minimum absolute atomic E-state index is 0.500. The van der Waals surface area contributed by atoms with Crippen LogP contribution in [0.1, 0.15) is 32.6 Å². The van der Waals surface area contributed by atoms with E-state index >= 15 is 0 Å². The Balaban J connectivity index is 1.67. The third-order valence-corrected chi connectivity index (χ3v) is 4.25. The summed E-state index contributed by atoms with van der Waals surface area (Å²) in [5.74, 6) is 1.55. The summed E-state index contributed by atoms with van der Waals surface area (Å²) in [7, 11) is 0. The van der Waals surface area contributed by atoms with Crippen molar-refractivity contribution in [1.82, 2.24) is 15.0 Å². The molecule has 21 heavy (non-hydrogen) atoms. The van der Waals surface area contributed by atoms with Gasteiger partial charge in [0.1, 0.15) is 0 Å². The number of hydrogen-bond acceptors (Lipinski definition) is 4. The normalized spacial score (nSPS) is 22.0. The van der Waals surface area contributed by atoms with Crippen molar-refractivity contribution in [1.29, 1.82) is 0 Å². The van der Waals surface area contributed by atoms with Gasteiger partial charge in [-0.15, -0.1) is 0 Å². The molecule has 0 atom stereocenters. The van der Waals surface area contributed by atoms with Crippen molar-refractivity contribution in [3.8, 4) is 11.1 Å². The zero-order valence-electron chi connectivity index (χ0n) is 12.1. The molecule has 0 amide bonds. The van der Waals surface area contributed by atoms with Gasteiger partial charge in [-0.05, 0) is 37.7 Å². The molecule has 3 rings (SSSR count). The molecular formula is C16H19ClN4. The molecule has 0 aliphatic heterocycles. The van der Waals surface area contributed by atoms with Gasteiger partial charge in [0.2, 0.25) is 5.95 Å². The maximum Gasteiger partial charge on any atom is 0.222 e. The van der Waals surface area contributed by atoms with Crippen LogP contribution in [0.4, 0.5) is 5.95 Å². The van der Waals surface area contributed by atoms with Crippen LogP contribution in [0, 0.1) is 5.92 Å². The molecule has 1 fully saturated rings. The Bertz CT molecular complexity index is 591. The lowest BCUT2D eigenvalue weighted by molar-refractivity contribution is 0.360. The molecule has 0 bridgehead atoms. The fourth-order valence-electron chi connectivity index (χ4n) is 2.71. The van der Waals surface area contributed by atoms with E-state index in [1.807, 2.05) is 18.5 Å². The molecule has 0 saturated heterocycles. The highest BCUT2D eigenvalue weighted by atomic mass is 35.5. The highest BCUT2D eigenvalue weighted by molar-refractivity contribution is 6.30. The van der Waals surface area contributed by atoms with Gasteiger partial charge in [-0.2, -0.15) is 0 Å². The van der Waals surface area contributed by atoms with Crippen LogP contribution in [-0.2, 0) is 0 Å². The van der Waals surface area contributed by atoms with Gasteiger partial charge in [-0.25, -0.2) is 9.97 Å². The number of hydrogen-bond donors (Lipinski definition) is 1. The van der Waals surface area contributed by atoms with Crippen LogP contribution in [0.3, 0.4) is 0 Å². The Morgan fingerprint density at radius 1 is 1.00 bits per heavy atom. The van der Waals surface area contributed by atoms with E-state index in [4.69, 9.17) is 11.6 Å². The van der Waals surface area contributed by atoms with Gasteiger partial charge in [-0.3, -0.25) is 4.98 Å². The first-order chi connectivity index (χ1) is 10.2. The lowest BCUT2D eigenvalue weighted by atomic mass is 9.87. The smallest absolute Gasteiger partial charge is 0.222 e. The predicted molar refractivity (Wildman–Crippen MR) is 85.3 cm³/mol. The predicted octanol–water partition coefficient (Wildman–Crippen LogP) is 4.18. The summed E-state index contributed by atoms with van der Waals surface area (Å²) >= 11 is 5.95. The minimum Gasteiger partial charge on any atom is -0.351 e.